The Labute approximate surface area is 134 Å². The van der Waals surface area contributed by atoms with Gasteiger partial charge in [0.2, 0.25) is 0 Å². The number of rotatable bonds is 7. The molecule has 0 saturated heterocycles. The maximum atomic E-state index is 12.0. The molecule has 0 radical (unpaired) electrons. The first kappa shape index (κ1) is 17.8. The lowest BCUT2D eigenvalue weighted by molar-refractivity contribution is 0.0776. The van der Waals surface area contributed by atoms with E-state index in [-0.39, 0.29) is 17.1 Å². The zero-order valence-corrected chi connectivity index (χ0v) is 14.4. The number of halogens is 1. The maximum absolute atomic E-state index is 12.0. The van der Waals surface area contributed by atoms with Gasteiger partial charge < -0.3 is 14.0 Å². The van der Waals surface area contributed by atoms with Gasteiger partial charge in [0.1, 0.15) is 5.56 Å². The van der Waals surface area contributed by atoms with Gasteiger partial charge in [0.15, 0.2) is 27.8 Å². The van der Waals surface area contributed by atoms with Crippen molar-refractivity contribution in [3.8, 4) is 11.5 Å². The number of benzene rings is 1. The Bertz CT molecular complexity index is 512. The molecule has 0 heterocycles. The van der Waals surface area contributed by atoms with Crippen molar-refractivity contribution in [3.63, 3.8) is 0 Å². The summed E-state index contributed by atoms with van der Waals surface area (Å²) >= 11 is 2.67. The van der Waals surface area contributed by atoms with Gasteiger partial charge in [-0.25, -0.2) is 4.79 Å². The maximum Gasteiger partial charge on any atom is 0.353 e. The van der Waals surface area contributed by atoms with Crippen molar-refractivity contribution >= 4 is 22.2 Å². The molecule has 0 unspecified atom stereocenters. The highest BCUT2D eigenvalue weighted by Gasteiger charge is 2.27. The molecule has 0 spiro atoms. The number of carbonyl (C=O) groups excluding carboxylic acids is 1. The first-order chi connectivity index (χ1) is 10.0. The van der Waals surface area contributed by atoms with E-state index in [0.29, 0.717) is 12.8 Å². The summed E-state index contributed by atoms with van der Waals surface area (Å²) in [6.45, 7) is 6.09. The molecule has 0 aromatic heterocycles. The molecule has 5 heteroatoms. The first-order valence-electron chi connectivity index (χ1n) is 7.44. The molecule has 4 nitrogen and oxygen atoms in total. The van der Waals surface area contributed by atoms with Crippen LogP contribution in [-0.4, -0.2) is 16.2 Å². The van der Waals surface area contributed by atoms with Gasteiger partial charge in [0.05, 0.1) is 0 Å². The first-order valence-corrected chi connectivity index (χ1v) is 8.09. The van der Waals surface area contributed by atoms with E-state index in [0.717, 1.165) is 42.4 Å². The fourth-order valence-corrected chi connectivity index (χ4v) is 2.90. The van der Waals surface area contributed by atoms with Crippen LogP contribution >= 0.6 is 16.3 Å². The van der Waals surface area contributed by atoms with E-state index in [9.17, 15) is 15.0 Å². The van der Waals surface area contributed by atoms with E-state index in [1.165, 1.54) is 0 Å². The molecule has 1 aromatic carbocycles. The molecule has 0 amide bonds. The third-order valence-electron chi connectivity index (χ3n) is 3.55. The summed E-state index contributed by atoms with van der Waals surface area (Å²) in [5, 5.41) is 20.5. The van der Waals surface area contributed by atoms with Gasteiger partial charge >= 0.3 is 5.97 Å². The minimum absolute atomic E-state index is 0.0783. The predicted octanol–water partition coefficient (Wildman–Crippen LogP) is 4.42. The van der Waals surface area contributed by atoms with E-state index < -0.39 is 5.97 Å². The topological polar surface area (TPSA) is 66.8 Å². The number of hydrogen-bond donors (Lipinski definition) is 2. The molecule has 1 aromatic rings. The fraction of sp³-hybridized carbons (Fsp3) is 0.562. The second-order valence-electron chi connectivity index (χ2n) is 5.12. The van der Waals surface area contributed by atoms with Gasteiger partial charge in [0, 0.05) is 5.56 Å². The number of hydrogen-bond acceptors (Lipinski definition) is 4. The van der Waals surface area contributed by atoms with Crippen molar-refractivity contribution in [3.05, 3.63) is 22.3 Å². The molecule has 0 saturated carbocycles. The van der Waals surface area contributed by atoms with Crippen molar-refractivity contribution in [1.82, 2.24) is 0 Å². The summed E-state index contributed by atoms with van der Waals surface area (Å²) in [5.74, 6) is -1.23. The van der Waals surface area contributed by atoms with Crippen molar-refractivity contribution in [1.29, 1.82) is 0 Å². The highest BCUT2D eigenvalue weighted by Crippen LogP contribution is 2.41. The minimum atomic E-state index is -0.674. The van der Waals surface area contributed by atoms with Crippen molar-refractivity contribution in [2.24, 2.45) is 0 Å². The van der Waals surface area contributed by atoms with Gasteiger partial charge in [-0.1, -0.05) is 40.0 Å². The third-order valence-corrected chi connectivity index (χ3v) is 3.85. The van der Waals surface area contributed by atoms with Crippen LogP contribution in [0.2, 0.25) is 0 Å². The lowest BCUT2D eigenvalue weighted by Crippen LogP contribution is -2.11. The highest BCUT2D eigenvalue weighted by atomic mass is 79.9. The molecule has 0 aliphatic heterocycles. The fourth-order valence-electron chi connectivity index (χ4n) is 2.74. The quantitative estimate of drug-likeness (QED) is 0.707. The molecule has 0 aliphatic carbocycles. The molecular weight excluding hydrogens is 336 g/mol. The van der Waals surface area contributed by atoms with Crippen molar-refractivity contribution in [2.45, 2.75) is 59.3 Å². The number of carbonyl (C=O) groups is 1. The van der Waals surface area contributed by atoms with E-state index >= 15 is 0 Å². The zero-order chi connectivity index (χ0) is 16.0. The van der Waals surface area contributed by atoms with E-state index in [1.807, 2.05) is 13.8 Å². The van der Waals surface area contributed by atoms with E-state index in [1.54, 1.807) is 0 Å². The van der Waals surface area contributed by atoms with Crippen LogP contribution in [0.4, 0.5) is 0 Å². The molecule has 21 heavy (non-hydrogen) atoms. The Kier molecular flexibility index (Phi) is 7.02. The third kappa shape index (κ3) is 3.70. The second kappa shape index (κ2) is 8.27. The van der Waals surface area contributed by atoms with Crippen molar-refractivity contribution in [2.75, 3.05) is 0 Å². The van der Waals surface area contributed by atoms with Gasteiger partial charge in [0.25, 0.3) is 0 Å². The zero-order valence-electron chi connectivity index (χ0n) is 12.8. The van der Waals surface area contributed by atoms with E-state index in [4.69, 9.17) is 0 Å². The molecule has 0 bridgehead atoms. The van der Waals surface area contributed by atoms with Gasteiger partial charge in [-0.3, -0.25) is 0 Å². The summed E-state index contributed by atoms with van der Waals surface area (Å²) in [7, 11) is 0. The van der Waals surface area contributed by atoms with Gasteiger partial charge in [-0.2, -0.15) is 0 Å². The molecule has 2 N–H and O–H groups in total. The summed E-state index contributed by atoms with van der Waals surface area (Å²) in [6, 6.07) is 0. The predicted molar refractivity (Wildman–Crippen MR) is 86.1 cm³/mol. The Morgan fingerprint density at radius 3 is 1.86 bits per heavy atom. The smallest absolute Gasteiger partial charge is 0.353 e. The monoisotopic (exact) mass is 358 g/mol. The highest BCUT2D eigenvalue weighted by molar-refractivity contribution is 9.06. The van der Waals surface area contributed by atoms with Crippen LogP contribution in [0.1, 0.15) is 67.1 Å². The van der Waals surface area contributed by atoms with Crippen molar-refractivity contribution < 1.29 is 18.8 Å². The standard InChI is InChI=1S/C16H23BrO4/c1-4-7-10-11(8-5-2)13(16(20)21-17)15(19)14(18)12(10)9-6-3/h18-19H,4-9H2,1-3H3. The Hall–Kier alpha value is -1.23. The lowest BCUT2D eigenvalue weighted by atomic mass is 9.87. The average Bonchev–Trinajstić information content (AvgIpc) is 2.48. The Balaban J connectivity index is 3.68. The SMILES string of the molecule is CCCc1c(O)c(O)c(C(=O)OBr)c(CCC)c1CCC. The molecular formula is C16H23BrO4. The molecule has 1 rings (SSSR count). The van der Waals surface area contributed by atoms with Crippen LogP contribution in [-0.2, 0) is 23.1 Å². The second-order valence-corrected chi connectivity index (χ2v) is 5.45. The summed E-state index contributed by atoms with van der Waals surface area (Å²) in [6.07, 6.45) is 4.71. The molecule has 0 fully saturated rings. The normalized spacial score (nSPS) is 10.7. The Morgan fingerprint density at radius 2 is 1.38 bits per heavy atom. The van der Waals surface area contributed by atoms with Crippen LogP contribution in [0.25, 0.3) is 0 Å². The van der Waals surface area contributed by atoms with Crippen LogP contribution in [0, 0.1) is 0 Å². The average molecular weight is 359 g/mol. The summed E-state index contributed by atoms with van der Waals surface area (Å²) < 4.78 is 4.59. The number of phenols is 2. The number of phenolic OH excluding ortho intramolecular Hbond substituents is 2. The summed E-state index contributed by atoms with van der Waals surface area (Å²) in [4.78, 5) is 12.0. The molecule has 0 atom stereocenters. The lowest BCUT2D eigenvalue weighted by Gasteiger charge is -2.20. The van der Waals surface area contributed by atoms with Crippen LogP contribution in [0.5, 0.6) is 11.5 Å². The minimum Gasteiger partial charge on any atom is -0.504 e. The largest absolute Gasteiger partial charge is 0.504 e. The van der Waals surface area contributed by atoms with Crippen LogP contribution in [0.3, 0.4) is 0 Å². The number of aromatic hydroxyl groups is 2. The summed E-state index contributed by atoms with van der Waals surface area (Å²) in [5.41, 5.74) is 2.60. The molecule has 0 aliphatic rings. The Morgan fingerprint density at radius 1 is 0.905 bits per heavy atom. The van der Waals surface area contributed by atoms with Crippen LogP contribution < -0.4 is 0 Å². The molecule has 118 valence electrons. The van der Waals surface area contributed by atoms with Gasteiger partial charge in [-0.15, -0.1) is 0 Å². The van der Waals surface area contributed by atoms with Crippen LogP contribution in [0.15, 0.2) is 0 Å². The van der Waals surface area contributed by atoms with Gasteiger partial charge in [-0.05, 0) is 30.4 Å². The van der Waals surface area contributed by atoms with E-state index in [2.05, 4.69) is 27.0 Å².